The van der Waals surface area contributed by atoms with E-state index in [9.17, 15) is 14.4 Å². The van der Waals surface area contributed by atoms with Crippen LogP contribution in [0.4, 0.5) is 0 Å². The Hall–Kier alpha value is -1.47. The molecule has 266 valence electrons. The number of aliphatic hydroxyl groups excluding tert-OH is 1. The van der Waals surface area contributed by atoms with Crippen molar-refractivity contribution in [2.75, 3.05) is 32.8 Å². The number of nitrogens with zero attached hydrogens (tertiary/aromatic N) is 1. The van der Waals surface area contributed by atoms with E-state index in [1.165, 1.54) is 89.9 Å². The first-order valence-corrected chi connectivity index (χ1v) is 19.3. The molecule has 0 heterocycles. The van der Waals surface area contributed by atoms with Gasteiger partial charge in [-0.1, -0.05) is 117 Å². The van der Waals surface area contributed by atoms with Gasteiger partial charge in [-0.2, -0.15) is 0 Å². The summed E-state index contributed by atoms with van der Waals surface area (Å²) in [7, 11) is 0. The normalized spacial score (nSPS) is 11.4. The van der Waals surface area contributed by atoms with E-state index in [0.717, 1.165) is 96.5 Å². The molecule has 0 unspecified atom stereocenters. The Labute approximate surface area is 278 Å². The molecule has 45 heavy (non-hydrogen) atoms. The number of amides is 1. The fraction of sp³-hybridized carbons (Fsp3) is 0.921. The van der Waals surface area contributed by atoms with E-state index >= 15 is 0 Å². The van der Waals surface area contributed by atoms with Crippen molar-refractivity contribution in [2.24, 2.45) is 0 Å². The summed E-state index contributed by atoms with van der Waals surface area (Å²) >= 11 is 0. The number of ether oxygens (including phenoxy) is 1. The van der Waals surface area contributed by atoms with Gasteiger partial charge in [0.1, 0.15) is 19.0 Å². The molecule has 0 aromatic rings. The largest absolute Gasteiger partial charge is 0.462 e. The average molecular weight is 639 g/mol. The van der Waals surface area contributed by atoms with Gasteiger partial charge in [0.25, 0.3) is 0 Å². The number of aliphatic hydroxyl groups is 1. The number of esters is 1. The summed E-state index contributed by atoms with van der Waals surface area (Å²) < 4.78 is 6.01. The van der Waals surface area contributed by atoms with Crippen LogP contribution in [0, 0.1) is 0 Å². The number of aldehydes is 1. The number of hydrogen-bond acceptors (Lipinski definition) is 6. The molecule has 0 aliphatic heterocycles. The van der Waals surface area contributed by atoms with Gasteiger partial charge in [0.15, 0.2) is 0 Å². The zero-order chi connectivity index (χ0) is 33.1. The third kappa shape index (κ3) is 32.3. The summed E-state index contributed by atoms with van der Waals surface area (Å²) in [6.45, 7) is 7.71. The topological polar surface area (TPSA) is 95.9 Å². The van der Waals surface area contributed by atoms with E-state index in [0.29, 0.717) is 19.4 Å². The minimum Gasteiger partial charge on any atom is -0.462 e. The molecule has 7 nitrogen and oxygen atoms in total. The summed E-state index contributed by atoms with van der Waals surface area (Å²) in [4.78, 5) is 37.0. The summed E-state index contributed by atoms with van der Waals surface area (Å²) in [6.07, 6.45) is 31.6. The van der Waals surface area contributed by atoms with Crippen LogP contribution in [-0.4, -0.2) is 67.1 Å². The molecule has 0 bridgehead atoms. The number of rotatable bonds is 36. The number of carbonyl (C=O) groups is 3. The van der Waals surface area contributed by atoms with E-state index < -0.39 is 6.61 Å². The molecule has 0 saturated heterocycles. The van der Waals surface area contributed by atoms with Gasteiger partial charge in [0.05, 0.1) is 0 Å². The van der Waals surface area contributed by atoms with Gasteiger partial charge in [-0.15, -0.1) is 0 Å². The molecule has 0 rings (SSSR count). The lowest BCUT2D eigenvalue weighted by atomic mass is 10.0. The van der Waals surface area contributed by atoms with Crippen molar-refractivity contribution in [2.45, 2.75) is 193 Å². The van der Waals surface area contributed by atoms with E-state index in [1.807, 2.05) is 0 Å². The molecule has 1 amide bonds. The first kappa shape index (κ1) is 43.5. The number of hydrogen-bond donors (Lipinski definition) is 2. The second-order valence-corrected chi connectivity index (χ2v) is 13.2. The van der Waals surface area contributed by atoms with Crippen LogP contribution in [0.1, 0.15) is 187 Å². The lowest BCUT2D eigenvalue weighted by Gasteiger charge is -2.22. The van der Waals surface area contributed by atoms with Crippen LogP contribution in [0.3, 0.4) is 0 Å². The lowest BCUT2D eigenvalue weighted by Crippen LogP contribution is -2.32. The molecule has 2 N–H and O–H groups in total. The third-order valence-electron chi connectivity index (χ3n) is 8.83. The highest BCUT2D eigenvalue weighted by atomic mass is 16.5. The summed E-state index contributed by atoms with van der Waals surface area (Å²) in [5.74, 6) is -0.311. The monoisotopic (exact) mass is 639 g/mol. The summed E-state index contributed by atoms with van der Waals surface area (Å²) in [5, 5.41) is 11.6. The molecule has 0 spiro atoms. The molecule has 0 atom stereocenters. The van der Waals surface area contributed by atoms with Gasteiger partial charge in [-0.05, 0) is 77.4 Å². The third-order valence-corrected chi connectivity index (χ3v) is 8.83. The molecule has 0 fully saturated rings. The van der Waals surface area contributed by atoms with Gasteiger partial charge in [0, 0.05) is 19.4 Å². The Balaban J connectivity index is 4.28. The lowest BCUT2D eigenvalue weighted by molar-refractivity contribution is -0.150. The molecule has 0 saturated carbocycles. The average Bonchev–Trinajstić information content (AvgIpc) is 3.04. The van der Waals surface area contributed by atoms with Gasteiger partial charge >= 0.3 is 5.97 Å². The first-order valence-electron chi connectivity index (χ1n) is 19.3. The van der Waals surface area contributed by atoms with Crippen molar-refractivity contribution in [1.82, 2.24) is 10.2 Å². The van der Waals surface area contributed by atoms with Crippen molar-refractivity contribution in [3.63, 3.8) is 0 Å². The van der Waals surface area contributed by atoms with Crippen molar-refractivity contribution < 1.29 is 24.2 Å². The fourth-order valence-corrected chi connectivity index (χ4v) is 5.96. The van der Waals surface area contributed by atoms with Crippen molar-refractivity contribution in [3.05, 3.63) is 0 Å². The Morgan fingerprint density at radius 1 is 0.644 bits per heavy atom. The highest BCUT2D eigenvalue weighted by Crippen LogP contribution is 2.18. The molecular weight excluding hydrogens is 564 g/mol. The van der Waals surface area contributed by atoms with Crippen LogP contribution in [-0.2, 0) is 19.1 Å². The minimum absolute atomic E-state index is 0.00240. The van der Waals surface area contributed by atoms with Gasteiger partial charge in [0.2, 0.25) is 5.91 Å². The van der Waals surface area contributed by atoms with Crippen LogP contribution in [0.2, 0.25) is 0 Å². The predicted octanol–water partition coefficient (Wildman–Crippen LogP) is 9.08. The fourth-order valence-electron chi connectivity index (χ4n) is 5.96. The molecule has 7 heteroatoms. The van der Waals surface area contributed by atoms with Gasteiger partial charge < -0.3 is 24.9 Å². The zero-order valence-electron chi connectivity index (χ0n) is 29.8. The Kier molecular flexibility index (Phi) is 34.2. The minimum atomic E-state index is -0.454. The standard InChI is InChI=1S/C38H74N2O5/c1-3-5-7-9-14-20-27-36(28-21-15-10-8-6-4-2)45-38(44)29-22-16-13-18-24-32-40(33-26-30-39-37(43)35-42)31-23-17-11-12-19-25-34-41/h34,36,42H,3-33,35H2,1-2H3,(H,39,43). The Morgan fingerprint density at radius 3 is 1.64 bits per heavy atom. The highest BCUT2D eigenvalue weighted by Gasteiger charge is 2.14. The second-order valence-electron chi connectivity index (χ2n) is 13.2. The van der Waals surface area contributed by atoms with Crippen LogP contribution in [0.15, 0.2) is 0 Å². The number of carbonyl (C=O) groups excluding carboxylic acids is 3. The van der Waals surface area contributed by atoms with E-state index in [-0.39, 0.29) is 18.0 Å². The van der Waals surface area contributed by atoms with Crippen LogP contribution in [0.5, 0.6) is 0 Å². The SMILES string of the molecule is CCCCCCCCC(CCCCCCCC)OC(=O)CCCCCCCN(CCCCCCCC=O)CCCNC(=O)CO. The maximum atomic E-state index is 12.7. The van der Waals surface area contributed by atoms with E-state index in [4.69, 9.17) is 9.84 Å². The molecule has 0 aromatic heterocycles. The number of nitrogens with one attached hydrogen (secondary N) is 1. The first-order chi connectivity index (χ1) is 22.1. The Bertz CT molecular complexity index is 644. The Morgan fingerprint density at radius 2 is 1.11 bits per heavy atom. The maximum Gasteiger partial charge on any atom is 0.306 e. The van der Waals surface area contributed by atoms with Crippen molar-refractivity contribution >= 4 is 18.2 Å². The van der Waals surface area contributed by atoms with Crippen LogP contribution >= 0.6 is 0 Å². The summed E-state index contributed by atoms with van der Waals surface area (Å²) in [6, 6.07) is 0. The smallest absolute Gasteiger partial charge is 0.306 e. The molecule has 0 radical (unpaired) electrons. The van der Waals surface area contributed by atoms with Crippen LogP contribution < -0.4 is 5.32 Å². The zero-order valence-corrected chi connectivity index (χ0v) is 29.8. The molecule has 0 aromatic carbocycles. The highest BCUT2D eigenvalue weighted by molar-refractivity contribution is 5.76. The quantitative estimate of drug-likeness (QED) is 0.0404. The van der Waals surface area contributed by atoms with Crippen molar-refractivity contribution in [3.8, 4) is 0 Å². The van der Waals surface area contributed by atoms with Gasteiger partial charge in [-0.3, -0.25) is 9.59 Å². The maximum absolute atomic E-state index is 12.7. The predicted molar refractivity (Wildman–Crippen MR) is 188 cm³/mol. The summed E-state index contributed by atoms with van der Waals surface area (Å²) in [5.41, 5.74) is 0. The molecule has 0 aliphatic carbocycles. The molecular formula is C38H74N2O5. The molecule has 0 aliphatic rings. The van der Waals surface area contributed by atoms with E-state index in [1.54, 1.807) is 0 Å². The van der Waals surface area contributed by atoms with Crippen molar-refractivity contribution in [1.29, 1.82) is 0 Å². The van der Waals surface area contributed by atoms with E-state index in [2.05, 4.69) is 24.1 Å². The van der Waals surface area contributed by atoms with Gasteiger partial charge in [-0.25, -0.2) is 0 Å². The number of unbranched alkanes of at least 4 members (excludes halogenated alkanes) is 19. The van der Waals surface area contributed by atoms with Crippen LogP contribution in [0.25, 0.3) is 0 Å². The second kappa shape index (κ2) is 35.4.